The molecule has 0 saturated carbocycles. The van der Waals surface area contributed by atoms with E-state index in [0.717, 1.165) is 22.8 Å². The molecular weight excluding hydrogens is 420 g/mol. The maximum atomic E-state index is 13.0. The summed E-state index contributed by atoms with van der Waals surface area (Å²) < 4.78 is 5.33. The van der Waals surface area contributed by atoms with E-state index in [1.807, 2.05) is 29.0 Å². The van der Waals surface area contributed by atoms with Gasteiger partial charge in [0.1, 0.15) is 22.7 Å². The molecule has 3 rings (SSSR count). The molecule has 160 valence electrons. The number of alkyl carbamates (subject to hydrolysis) is 1. The average Bonchev–Trinajstić information content (AvgIpc) is 3.40. The molecule has 1 aliphatic rings. The number of nitrogens with one attached hydrogen (secondary N) is 2. The van der Waals surface area contributed by atoms with Crippen molar-refractivity contribution < 1.29 is 14.3 Å². The molecular formula is C21H26N4O3S2. The van der Waals surface area contributed by atoms with E-state index < -0.39 is 17.7 Å². The van der Waals surface area contributed by atoms with E-state index in [2.05, 4.69) is 21.6 Å². The van der Waals surface area contributed by atoms with Crippen molar-refractivity contribution in [3.8, 4) is 6.07 Å². The molecule has 7 nitrogen and oxygen atoms in total. The van der Waals surface area contributed by atoms with E-state index in [0.29, 0.717) is 18.5 Å². The molecule has 1 aliphatic heterocycles. The van der Waals surface area contributed by atoms with Crippen LogP contribution in [-0.4, -0.2) is 42.8 Å². The molecule has 2 unspecified atom stereocenters. The molecule has 9 heteroatoms. The number of rotatable bonds is 6. The zero-order valence-electron chi connectivity index (χ0n) is 17.3. The smallest absolute Gasteiger partial charge is 0.408 e. The normalized spacial score (nSPS) is 17.3. The Bertz CT molecular complexity index is 912. The number of nitriles is 1. The fourth-order valence-electron chi connectivity index (χ4n) is 3.28. The van der Waals surface area contributed by atoms with Crippen molar-refractivity contribution in [2.45, 2.75) is 51.3 Å². The number of amides is 2. The van der Waals surface area contributed by atoms with Crippen molar-refractivity contribution in [1.29, 1.82) is 5.26 Å². The molecule has 0 aromatic carbocycles. The van der Waals surface area contributed by atoms with Crippen molar-refractivity contribution in [1.82, 2.24) is 10.6 Å². The Balaban J connectivity index is 1.63. The minimum atomic E-state index is -0.719. The van der Waals surface area contributed by atoms with Gasteiger partial charge in [-0.1, -0.05) is 6.07 Å². The lowest BCUT2D eigenvalue weighted by Crippen LogP contribution is -2.52. The van der Waals surface area contributed by atoms with Crippen molar-refractivity contribution in [3.05, 3.63) is 39.4 Å². The predicted molar refractivity (Wildman–Crippen MR) is 119 cm³/mol. The summed E-state index contributed by atoms with van der Waals surface area (Å²) in [7, 11) is 0. The molecule has 2 N–H and O–H groups in total. The summed E-state index contributed by atoms with van der Waals surface area (Å²) in [5.41, 5.74) is 0.0215. The van der Waals surface area contributed by atoms with Gasteiger partial charge in [-0.2, -0.15) is 5.26 Å². The minimum Gasteiger partial charge on any atom is -0.444 e. The fourth-order valence-corrected chi connectivity index (χ4v) is 4.93. The van der Waals surface area contributed by atoms with Crippen molar-refractivity contribution in [3.63, 3.8) is 0 Å². The van der Waals surface area contributed by atoms with Crippen molar-refractivity contribution in [2.75, 3.05) is 18.0 Å². The molecule has 0 aliphatic carbocycles. The van der Waals surface area contributed by atoms with Gasteiger partial charge < -0.3 is 20.3 Å². The van der Waals surface area contributed by atoms with Gasteiger partial charge in [0, 0.05) is 30.4 Å². The Labute approximate surface area is 184 Å². The van der Waals surface area contributed by atoms with Crippen LogP contribution in [0.3, 0.4) is 0 Å². The highest BCUT2D eigenvalue weighted by Crippen LogP contribution is 2.30. The summed E-state index contributed by atoms with van der Waals surface area (Å²) >= 11 is 3.08. The Morgan fingerprint density at radius 1 is 1.33 bits per heavy atom. The van der Waals surface area contributed by atoms with Gasteiger partial charge in [-0.05, 0) is 50.1 Å². The van der Waals surface area contributed by atoms with Gasteiger partial charge in [0.2, 0.25) is 5.91 Å². The lowest BCUT2D eigenvalue weighted by atomic mass is 10.1. The molecule has 1 fully saturated rings. The number of ether oxygens (including phenoxy) is 1. The van der Waals surface area contributed by atoms with Crippen molar-refractivity contribution >= 4 is 39.7 Å². The number of thiophene rings is 2. The number of anilines is 1. The lowest BCUT2D eigenvalue weighted by molar-refractivity contribution is -0.123. The second-order valence-electron chi connectivity index (χ2n) is 8.17. The molecule has 2 atom stereocenters. The van der Waals surface area contributed by atoms with Crippen LogP contribution in [-0.2, 0) is 16.0 Å². The van der Waals surface area contributed by atoms with Crippen LogP contribution < -0.4 is 15.5 Å². The molecule has 1 saturated heterocycles. The highest BCUT2D eigenvalue weighted by atomic mass is 32.1. The van der Waals surface area contributed by atoms with E-state index in [9.17, 15) is 14.9 Å². The third-order valence-corrected chi connectivity index (χ3v) is 6.45. The van der Waals surface area contributed by atoms with Crippen LogP contribution in [0.25, 0.3) is 0 Å². The zero-order chi connectivity index (χ0) is 21.7. The SMILES string of the molecule is CC(C)(C)OC(=O)NC(Cc1cccs1)C(=O)NC1CCN(c2sccc2C#N)C1. The summed E-state index contributed by atoms with van der Waals surface area (Å²) in [4.78, 5) is 28.4. The predicted octanol–water partition coefficient (Wildman–Crippen LogP) is 3.51. The van der Waals surface area contributed by atoms with E-state index in [1.165, 1.54) is 11.3 Å². The minimum absolute atomic E-state index is 0.0441. The first-order valence-corrected chi connectivity index (χ1v) is 11.6. The molecule has 30 heavy (non-hydrogen) atoms. The quantitative estimate of drug-likeness (QED) is 0.708. The van der Waals surface area contributed by atoms with E-state index in [-0.39, 0.29) is 11.9 Å². The van der Waals surface area contributed by atoms with Gasteiger partial charge in [0.15, 0.2) is 0 Å². The lowest BCUT2D eigenvalue weighted by Gasteiger charge is -2.24. The largest absolute Gasteiger partial charge is 0.444 e. The maximum Gasteiger partial charge on any atom is 0.408 e. The monoisotopic (exact) mass is 446 g/mol. The van der Waals surface area contributed by atoms with Crippen LogP contribution in [0.15, 0.2) is 29.0 Å². The van der Waals surface area contributed by atoms with E-state index >= 15 is 0 Å². The summed E-state index contributed by atoms with van der Waals surface area (Å²) in [6.07, 6.45) is 0.583. The average molecular weight is 447 g/mol. The Morgan fingerprint density at radius 2 is 2.13 bits per heavy atom. The summed E-state index contributed by atoms with van der Waals surface area (Å²) in [5, 5.41) is 19.8. The highest BCUT2D eigenvalue weighted by molar-refractivity contribution is 7.14. The number of carbonyl (C=O) groups excluding carboxylic acids is 2. The molecule has 3 heterocycles. The first-order valence-electron chi connectivity index (χ1n) is 9.80. The van der Waals surface area contributed by atoms with Gasteiger partial charge in [0.25, 0.3) is 0 Å². The van der Waals surface area contributed by atoms with Crippen LogP contribution in [0, 0.1) is 11.3 Å². The van der Waals surface area contributed by atoms with Crippen molar-refractivity contribution in [2.24, 2.45) is 0 Å². The van der Waals surface area contributed by atoms with Crippen LogP contribution in [0.5, 0.6) is 0 Å². The molecule has 2 amide bonds. The second kappa shape index (κ2) is 9.49. The number of hydrogen-bond acceptors (Lipinski definition) is 7. The highest BCUT2D eigenvalue weighted by Gasteiger charge is 2.30. The number of hydrogen-bond donors (Lipinski definition) is 2. The van der Waals surface area contributed by atoms with Gasteiger partial charge in [0.05, 0.1) is 5.56 Å². The van der Waals surface area contributed by atoms with Crippen LogP contribution in [0.2, 0.25) is 0 Å². The van der Waals surface area contributed by atoms with Gasteiger partial charge >= 0.3 is 6.09 Å². The Hall–Kier alpha value is -2.57. The van der Waals surface area contributed by atoms with Crippen LogP contribution in [0.1, 0.15) is 37.6 Å². The Morgan fingerprint density at radius 3 is 2.80 bits per heavy atom. The fraction of sp³-hybridized carbons (Fsp3) is 0.476. The molecule has 0 spiro atoms. The van der Waals surface area contributed by atoms with E-state index in [4.69, 9.17) is 4.74 Å². The first kappa shape index (κ1) is 22.1. The van der Waals surface area contributed by atoms with Crippen LogP contribution >= 0.6 is 22.7 Å². The molecule has 2 aromatic rings. The topological polar surface area (TPSA) is 94.5 Å². The summed E-state index contributed by atoms with van der Waals surface area (Å²) in [5.74, 6) is -0.229. The van der Waals surface area contributed by atoms with Gasteiger partial charge in [-0.15, -0.1) is 22.7 Å². The number of nitrogens with zero attached hydrogens (tertiary/aromatic N) is 2. The molecule has 0 radical (unpaired) electrons. The summed E-state index contributed by atoms with van der Waals surface area (Å²) in [6, 6.07) is 7.13. The Kier molecular flexibility index (Phi) is 7.00. The van der Waals surface area contributed by atoms with E-state index in [1.54, 1.807) is 32.1 Å². The summed E-state index contributed by atoms with van der Waals surface area (Å²) in [6.45, 7) is 6.77. The molecule has 2 aromatic heterocycles. The first-order chi connectivity index (χ1) is 14.2. The number of carbonyl (C=O) groups is 2. The maximum absolute atomic E-state index is 13.0. The zero-order valence-corrected chi connectivity index (χ0v) is 18.9. The second-order valence-corrected chi connectivity index (χ2v) is 10.1. The van der Waals surface area contributed by atoms with Gasteiger partial charge in [-0.3, -0.25) is 4.79 Å². The molecule has 0 bridgehead atoms. The van der Waals surface area contributed by atoms with Gasteiger partial charge in [-0.25, -0.2) is 4.79 Å². The van der Waals surface area contributed by atoms with Crippen LogP contribution in [0.4, 0.5) is 9.80 Å². The third-order valence-electron chi connectivity index (χ3n) is 4.58. The standard InChI is InChI=1S/C21H26N4O3S2/c1-21(2,3)28-20(27)24-17(11-16-5-4-9-29-16)18(26)23-15-6-8-25(13-15)19-14(12-22)7-10-30-19/h4-5,7,9-10,15,17H,6,8,11,13H2,1-3H3,(H,23,26)(H,24,27). The third kappa shape index (κ3) is 5.97.